The third kappa shape index (κ3) is 5.47. The van der Waals surface area contributed by atoms with E-state index >= 15 is 0 Å². The molecule has 0 aromatic heterocycles. The number of carbonyl (C=O) groups is 3. The smallest absolute Gasteiger partial charge is 0.410 e. The van der Waals surface area contributed by atoms with Crippen molar-refractivity contribution in [1.29, 1.82) is 0 Å². The molecule has 3 aliphatic heterocycles. The third-order valence-electron chi connectivity index (χ3n) is 6.72. The lowest BCUT2D eigenvalue weighted by Crippen LogP contribution is -2.52. The highest BCUT2D eigenvalue weighted by Gasteiger charge is 2.51. The van der Waals surface area contributed by atoms with Gasteiger partial charge in [-0.3, -0.25) is 14.7 Å². The summed E-state index contributed by atoms with van der Waals surface area (Å²) in [6, 6.07) is 7.78. The van der Waals surface area contributed by atoms with Gasteiger partial charge in [-0.15, -0.1) is 0 Å². The van der Waals surface area contributed by atoms with E-state index in [1.165, 1.54) is 7.11 Å². The van der Waals surface area contributed by atoms with E-state index in [1.807, 2.05) is 45.0 Å². The Bertz CT molecular complexity index is 1010. The van der Waals surface area contributed by atoms with Gasteiger partial charge in [0.15, 0.2) is 0 Å². The molecule has 1 aromatic carbocycles. The van der Waals surface area contributed by atoms with Crippen LogP contribution in [0.4, 0.5) is 9.59 Å². The number of rotatable bonds is 3. The van der Waals surface area contributed by atoms with Crippen LogP contribution in [0.2, 0.25) is 0 Å². The Labute approximate surface area is 214 Å². The number of piperidine rings is 1. The first-order valence-electron chi connectivity index (χ1n) is 12.0. The minimum absolute atomic E-state index is 0.0318. The number of hydrogen-bond donors (Lipinski definition) is 0. The summed E-state index contributed by atoms with van der Waals surface area (Å²) >= 11 is 3.47. The van der Waals surface area contributed by atoms with E-state index in [0.717, 1.165) is 16.5 Å². The normalized spacial score (nSPS) is 22.0. The molecule has 1 unspecified atom stereocenters. The number of likely N-dealkylation sites (tertiary alicyclic amines) is 2. The van der Waals surface area contributed by atoms with Crippen molar-refractivity contribution < 1.29 is 23.9 Å². The van der Waals surface area contributed by atoms with Crippen molar-refractivity contribution in [2.75, 3.05) is 39.8 Å². The van der Waals surface area contributed by atoms with Crippen LogP contribution in [-0.4, -0.2) is 89.6 Å². The van der Waals surface area contributed by atoms with Crippen LogP contribution in [0.3, 0.4) is 0 Å². The maximum absolute atomic E-state index is 13.8. The monoisotopic (exact) mass is 548 g/mol. The van der Waals surface area contributed by atoms with Gasteiger partial charge in [0.25, 0.3) is 5.91 Å². The van der Waals surface area contributed by atoms with Crippen molar-refractivity contribution in [1.82, 2.24) is 14.7 Å². The molecule has 10 heteroatoms. The molecule has 35 heavy (non-hydrogen) atoms. The molecule has 1 atom stereocenters. The van der Waals surface area contributed by atoms with E-state index in [4.69, 9.17) is 14.5 Å². The Kier molecular flexibility index (Phi) is 7.13. The molecule has 1 aromatic rings. The zero-order valence-electron chi connectivity index (χ0n) is 20.8. The number of benzene rings is 1. The first kappa shape index (κ1) is 25.5. The predicted molar refractivity (Wildman–Crippen MR) is 134 cm³/mol. The molecular formula is C25H33BrN4O5. The average molecular weight is 549 g/mol. The number of halogens is 1. The predicted octanol–water partition coefficient (Wildman–Crippen LogP) is 3.90. The van der Waals surface area contributed by atoms with Gasteiger partial charge in [-0.2, -0.15) is 0 Å². The second-order valence-corrected chi connectivity index (χ2v) is 11.3. The van der Waals surface area contributed by atoms with Gasteiger partial charge in [-0.05, 0) is 58.1 Å². The molecule has 9 nitrogen and oxygen atoms in total. The average Bonchev–Trinajstić information content (AvgIpc) is 3.38. The summed E-state index contributed by atoms with van der Waals surface area (Å²) in [4.78, 5) is 48.5. The van der Waals surface area contributed by atoms with Crippen LogP contribution >= 0.6 is 15.9 Å². The minimum Gasteiger partial charge on any atom is -0.453 e. The topological polar surface area (TPSA) is 91.8 Å². The maximum atomic E-state index is 13.8. The molecule has 0 aliphatic carbocycles. The fourth-order valence-electron chi connectivity index (χ4n) is 4.89. The van der Waals surface area contributed by atoms with Crippen LogP contribution < -0.4 is 0 Å². The SMILES string of the molecule is COC(=O)N1CCC2(CC1)N=C(c1ccc(Br)cc1)N(CC1CCN(C(=O)OC(C)(C)C)C1)C2=O. The number of nitrogens with zero attached hydrogens (tertiary/aromatic N) is 4. The van der Waals surface area contributed by atoms with Crippen LogP contribution in [0.25, 0.3) is 0 Å². The molecule has 0 radical (unpaired) electrons. The van der Waals surface area contributed by atoms with Gasteiger partial charge in [0.05, 0.1) is 7.11 Å². The van der Waals surface area contributed by atoms with Gasteiger partial charge >= 0.3 is 12.2 Å². The molecule has 3 amide bonds. The highest BCUT2D eigenvalue weighted by Crippen LogP contribution is 2.36. The lowest BCUT2D eigenvalue weighted by atomic mass is 9.87. The lowest BCUT2D eigenvalue weighted by molar-refractivity contribution is -0.133. The second kappa shape index (κ2) is 9.79. The van der Waals surface area contributed by atoms with E-state index in [2.05, 4.69) is 15.9 Å². The first-order chi connectivity index (χ1) is 16.5. The van der Waals surface area contributed by atoms with Gasteiger partial charge in [0.1, 0.15) is 17.0 Å². The van der Waals surface area contributed by atoms with Gasteiger partial charge in [0.2, 0.25) is 0 Å². The summed E-state index contributed by atoms with van der Waals surface area (Å²) in [6.45, 7) is 8.02. The molecule has 0 N–H and O–H groups in total. The number of aliphatic imine (C=N–C) groups is 1. The molecule has 0 saturated carbocycles. The summed E-state index contributed by atoms with van der Waals surface area (Å²) < 4.78 is 11.3. The van der Waals surface area contributed by atoms with Gasteiger partial charge < -0.3 is 19.3 Å². The molecular weight excluding hydrogens is 516 g/mol. The number of methoxy groups -OCH3 is 1. The zero-order valence-corrected chi connectivity index (χ0v) is 22.3. The van der Waals surface area contributed by atoms with Crippen LogP contribution in [0, 0.1) is 5.92 Å². The number of amidine groups is 1. The Balaban J connectivity index is 1.52. The molecule has 1 spiro atoms. The van der Waals surface area contributed by atoms with Crippen molar-refractivity contribution in [2.24, 2.45) is 10.9 Å². The standard InChI is InChI=1S/C25H33BrN4O5/c1-24(2,3)35-23(33)29-12-9-17(15-29)16-30-20(18-5-7-19(26)8-6-18)27-25(21(30)31)10-13-28(14-11-25)22(32)34-4/h5-8,17H,9-16H2,1-4H3. The first-order valence-corrected chi connectivity index (χ1v) is 12.8. The summed E-state index contributed by atoms with van der Waals surface area (Å²) in [5, 5.41) is 0. The summed E-state index contributed by atoms with van der Waals surface area (Å²) in [7, 11) is 1.36. The van der Waals surface area contributed by atoms with Gasteiger partial charge in [-0.1, -0.05) is 28.1 Å². The van der Waals surface area contributed by atoms with Crippen LogP contribution in [0.15, 0.2) is 33.7 Å². The van der Waals surface area contributed by atoms with Crippen LogP contribution in [-0.2, 0) is 14.3 Å². The van der Waals surface area contributed by atoms with Crippen LogP contribution in [0.1, 0.15) is 45.6 Å². The number of hydrogen-bond acceptors (Lipinski definition) is 6. The summed E-state index contributed by atoms with van der Waals surface area (Å²) in [6.07, 6.45) is 0.992. The van der Waals surface area contributed by atoms with Crippen molar-refractivity contribution in [3.05, 3.63) is 34.3 Å². The quantitative estimate of drug-likeness (QED) is 0.571. The number of amides is 3. The van der Waals surface area contributed by atoms with E-state index < -0.39 is 11.1 Å². The molecule has 3 heterocycles. The maximum Gasteiger partial charge on any atom is 0.410 e. The van der Waals surface area contributed by atoms with E-state index in [0.29, 0.717) is 51.4 Å². The molecule has 2 saturated heterocycles. The van der Waals surface area contributed by atoms with Crippen molar-refractivity contribution in [3.8, 4) is 0 Å². The fraction of sp³-hybridized carbons (Fsp3) is 0.600. The van der Waals surface area contributed by atoms with Gasteiger partial charge in [0, 0.05) is 42.8 Å². The van der Waals surface area contributed by atoms with Crippen molar-refractivity contribution >= 4 is 39.9 Å². The third-order valence-corrected chi connectivity index (χ3v) is 7.25. The van der Waals surface area contributed by atoms with E-state index in [1.54, 1.807) is 14.7 Å². The Morgan fingerprint density at radius 2 is 1.74 bits per heavy atom. The summed E-state index contributed by atoms with van der Waals surface area (Å²) in [5.41, 5.74) is -0.556. The minimum atomic E-state index is -0.879. The molecule has 190 valence electrons. The number of carbonyl (C=O) groups excluding carboxylic acids is 3. The Morgan fingerprint density at radius 3 is 2.34 bits per heavy atom. The van der Waals surface area contributed by atoms with E-state index in [-0.39, 0.29) is 24.0 Å². The largest absolute Gasteiger partial charge is 0.453 e. The number of ether oxygens (including phenoxy) is 2. The highest BCUT2D eigenvalue weighted by molar-refractivity contribution is 9.10. The fourth-order valence-corrected chi connectivity index (χ4v) is 5.16. The molecule has 0 bridgehead atoms. The van der Waals surface area contributed by atoms with E-state index in [9.17, 15) is 14.4 Å². The van der Waals surface area contributed by atoms with Crippen molar-refractivity contribution in [2.45, 2.75) is 51.2 Å². The zero-order chi connectivity index (χ0) is 25.4. The summed E-state index contributed by atoms with van der Waals surface area (Å²) in [5.74, 6) is 0.748. The highest BCUT2D eigenvalue weighted by atomic mass is 79.9. The lowest BCUT2D eigenvalue weighted by Gasteiger charge is -2.35. The Hall–Kier alpha value is -2.62. The Morgan fingerprint density at radius 1 is 1.09 bits per heavy atom. The van der Waals surface area contributed by atoms with Gasteiger partial charge in [-0.25, -0.2) is 9.59 Å². The molecule has 4 rings (SSSR count). The van der Waals surface area contributed by atoms with Crippen molar-refractivity contribution in [3.63, 3.8) is 0 Å². The molecule has 3 aliphatic rings. The molecule has 2 fully saturated rings. The van der Waals surface area contributed by atoms with Crippen LogP contribution in [0.5, 0.6) is 0 Å². The second-order valence-electron chi connectivity index (χ2n) is 10.4.